The van der Waals surface area contributed by atoms with E-state index >= 15 is 0 Å². The first-order valence-corrected chi connectivity index (χ1v) is 5.53. The Morgan fingerprint density at radius 3 is 2.83 bits per heavy atom. The molecule has 5 nitrogen and oxygen atoms in total. The Labute approximate surface area is 107 Å². The van der Waals surface area contributed by atoms with Gasteiger partial charge in [0.15, 0.2) is 0 Å². The van der Waals surface area contributed by atoms with E-state index in [0.717, 1.165) is 0 Å². The van der Waals surface area contributed by atoms with E-state index in [1.54, 1.807) is 31.4 Å². The molecule has 0 aliphatic carbocycles. The maximum absolute atomic E-state index is 11.6. The lowest BCUT2D eigenvalue weighted by Gasteiger charge is -2.08. The Morgan fingerprint density at radius 2 is 2.17 bits per heavy atom. The van der Waals surface area contributed by atoms with Crippen molar-refractivity contribution in [3.63, 3.8) is 0 Å². The van der Waals surface area contributed by atoms with Crippen molar-refractivity contribution in [1.29, 1.82) is 0 Å². The molecule has 0 N–H and O–H groups in total. The number of methoxy groups -OCH3 is 2. The van der Waals surface area contributed by atoms with Crippen LogP contribution in [0.25, 0.3) is 0 Å². The van der Waals surface area contributed by atoms with Crippen LogP contribution in [-0.4, -0.2) is 26.3 Å². The smallest absolute Gasteiger partial charge is 0.373 e. The molecule has 0 heterocycles. The molecule has 1 atom stereocenters. The monoisotopic (exact) mass is 253 g/mol. The summed E-state index contributed by atoms with van der Waals surface area (Å²) >= 11 is 0. The van der Waals surface area contributed by atoms with E-state index in [4.69, 9.17) is 14.4 Å². The second-order valence-corrected chi connectivity index (χ2v) is 3.65. The third kappa shape index (κ3) is 4.73. The van der Waals surface area contributed by atoms with Gasteiger partial charge in [0, 0.05) is 13.5 Å². The second-order valence-electron chi connectivity index (χ2n) is 3.65. The normalized spacial score (nSPS) is 11.9. The fourth-order valence-electron chi connectivity index (χ4n) is 1.15. The summed E-state index contributed by atoms with van der Waals surface area (Å²) in [7, 11) is 3.13. The molecule has 1 unspecified atom stereocenters. The molecule has 0 saturated carbocycles. The first-order chi connectivity index (χ1) is 8.67. The number of hydrogen-bond donors (Lipinski definition) is 0. The molecule has 0 spiro atoms. The van der Waals surface area contributed by atoms with Gasteiger partial charge in [-0.15, -0.1) is 0 Å². The van der Waals surface area contributed by atoms with Crippen molar-refractivity contribution < 1.29 is 24.0 Å². The highest BCUT2D eigenvalue weighted by Gasteiger charge is 2.10. The van der Waals surface area contributed by atoms with Crippen LogP contribution >= 0.6 is 0 Å². The van der Waals surface area contributed by atoms with Gasteiger partial charge in [-0.1, -0.05) is 6.07 Å². The minimum Gasteiger partial charge on any atom is -0.497 e. The quantitative estimate of drug-likeness (QED) is 0.424. The van der Waals surface area contributed by atoms with Gasteiger partial charge in [0.2, 0.25) is 0 Å². The molecule has 0 bridgehead atoms. The number of ether oxygens (including phenoxy) is 2. The van der Waals surface area contributed by atoms with Gasteiger partial charge in [-0.05, 0) is 25.1 Å². The van der Waals surface area contributed by atoms with Gasteiger partial charge in [0.1, 0.15) is 12.4 Å². The Bertz CT molecular complexity index is 377. The maximum atomic E-state index is 11.6. The summed E-state index contributed by atoms with van der Waals surface area (Å²) in [5, 5.41) is 0. The Kier molecular flexibility index (Phi) is 6.18. The highest BCUT2D eigenvalue weighted by atomic mass is 17.2. The van der Waals surface area contributed by atoms with Crippen LogP contribution in [0.2, 0.25) is 0 Å². The van der Waals surface area contributed by atoms with E-state index in [0.29, 0.717) is 17.7 Å². The molecule has 18 heavy (non-hydrogen) atoms. The average Bonchev–Trinajstić information content (AvgIpc) is 2.43. The van der Waals surface area contributed by atoms with E-state index < -0.39 is 5.97 Å². The van der Waals surface area contributed by atoms with Crippen LogP contribution in [-0.2, 0) is 14.5 Å². The molecule has 99 valence electrons. The number of hydrogen-bond acceptors (Lipinski definition) is 5. The zero-order valence-corrected chi connectivity index (χ0v) is 10.7. The molecule has 5 heteroatoms. The zero-order chi connectivity index (χ0) is 13.4. The fourth-order valence-corrected chi connectivity index (χ4v) is 1.15. The van der Waals surface area contributed by atoms with Crippen molar-refractivity contribution in [2.45, 2.75) is 19.4 Å². The molecule has 0 aliphatic rings. The maximum Gasteiger partial charge on any atom is 0.373 e. The fraction of sp³-hybridized carbons (Fsp3) is 0.385. The van der Waals surface area contributed by atoms with Crippen molar-refractivity contribution in [3.8, 4) is 5.75 Å². The Morgan fingerprint density at radius 1 is 1.39 bits per heavy atom. The van der Waals surface area contributed by atoms with Gasteiger partial charge < -0.3 is 9.47 Å². The van der Waals surface area contributed by atoms with Gasteiger partial charge in [-0.2, -0.15) is 4.89 Å². The molecule has 1 radical (unpaired) electrons. The molecule has 1 rings (SSSR count). The van der Waals surface area contributed by atoms with Gasteiger partial charge in [-0.25, -0.2) is 4.79 Å². The SMILES string of the molecule is COc1cccc(C(=O)OO[CH]CC(C)OC)c1. The summed E-state index contributed by atoms with van der Waals surface area (Å²) in [4.78, 5) is 20.9. The van der Waals surface area contributed by atoms with Crippen molar-refractivity contribution >= 4 is 5.97 Å². The van der Waals surface area contributed by atoms with E-state index in [1.807, 2.05) is 6.92 Å². The van der Waals surface area contributed by atoms with Crippen LogP contribution in [0, 0.1) is 6.61 Å². The van der Waals surface area contributed by atoms with Gasteiger partial charge in [-0.3, -0.25) is 4.89 Å². The molecular formula is C13H17O5. The van der Waals surface area contributed by atoms with E-state index in [1.165, 1.54) is 13.7 Å². The van der Waals surface area contributed by atoms with Crippen LogP contribution in [0.1, 0.15) is 23.7 Å². The Balaban J connectivity index is 2.36. The molecule has 1 aromatic carbocycles. The number of carbonyl (C=O) groups excluding carboxylic acids is 1. The third-order valence-corrected chi connectivity index (χ3v) is 2.33. The topological polar surface area (TPSA) is 54.0 Å². The number of rotatable bonds is 7. The predicted octanol–water partition coefficient (Wildman–Crippen LogP) is 2.37. The van der Waals surface area contributed by atoms with Crippen LogP contribution in [0.5, 0.6) is 5.75 Å². The number of benzene rings is 1. The largest absolute Gasteiger partial charge is 0.497 e. The lowest BCUT2D eigenvalue weighted by atomic mass is 10.2. The van der Waals surface area contributed by atoms with E-state index in [-0.39, 0.29) is 6.10 Å². The molecule has 0 aliphatic heterocycles. The summed E-state index contributed by atoms with van der Waals surface area (Å²) in [5.41, 5.74) is 0.363. The Hall–Kier alpha value is -1.59. The molecule has 0 fully saturated rings. The number of carbonyl (C=O) groups is 1. The van der Waals surface area contributed by atoms with Crippen LogP contribution in [0.3, 0.4) is 0 Å². The second kappa shape index (κ2) is 7.68. The minimum atomic E-state index is -0.574. The van der Waals surface area contributed by atoms with Crippen molar-refractivity contribution in [2.75, 3.05) is 14.2 Å². The lowest BCUT2D eigenvalue weighted by molar-refractivity contribution is -0.215. The van der Waals surface area contributed by atoms with E-state index in [2.05, 4.69) is 4.89 Å². The lowest BCUT2D eigenvalue weighted by Crippen LogP contribution is -2.09. The van der Waals surface area contributed by atoms with Crippen LogP contribution in [0.4, 0.5) is 0 Å². The van der Waals surface area contributed by atoms with Crippen LogP contribution in [0.15, 0.2) is 24.3 Å². The predicted molar refractivity (Wildman–Crippen MR) is 64.9 cm³/mol. The van der Waals surface area contributed by atoms with Crippen molar-refractivity contribution in [2.24, 2.45) is 0 Å². The van der Waals surface area contributed by atoms with Crippen molar-refractivity contribution in [1.82, 2.24) is 0 Å². The van der Waals surface area contributed by atoms with E-state index in [9.17, 15) is 4.79 Å². The average molecular weight is 253 g/mol. The molecule has 0 amide bonds. The summed E-state index contributed by atoms with van der Waals surface area (Å²) in [6.07, 6.45) is 0.544. The zero-order valence-electron chi connectivity index (χ0n) is 10.7. The summed E-state index contributed by atoms with van der Waals surface area (Å²) in [6.45, 7) is 3.26. The van der Waals surface area contributed by atoms with Gasteiger partial charge >= 0.3 is 5.97 Å². The molecule has 0 saturated heterocycles. The minimum absolute atomic E-state index is 0.0144. The standard InChI is InChI=1S/C13H17O5/c1-10(15-2)7-8-17-18-13(14)11-5-4-6-12(9-11)16-3/h4-6,8-10H,7H2,1-3H3. The highest BCUT2D eigenvalue weighted by Crippen LogP contribution is 2.13. The first kappa shape index (κ1) is 14.5. The highest BCUT2D eigenvalue weighted by molar-refractivity contribution is 5.89. The summed E-state index contributed by atoms with van der Waals surface area (Å²) in [6, 6.07) is 6.63. The van der Waals surface area contributed by atoms with Crippen molar-refractivity contribution in [3.05, 3.63) is 36.4 Å². The summed E-state index contributed by atoms with van der Waals surface area (Å²) in [5.74, 6) is 0.0108. The summed E-state index contributed by atoms with van der Waals surface area (Å²) < 4.78 is 10.0. The first-order valence-electron chi connectivity index (χ1n) is 5.53. The molecule has 0 aromatic heterocycles. The van der Waals surface area contributed by atoms with Gasteiger partial charge in [0.25, 0.3) is 0 Å². The third-order valence-electron chi connectivity index (χ3n) is 2.33. The molecule has 1 aromatic rings. The van der Waals surface area contributed by atoms with Crippen LogP contribution < -0.4 is 4.74 Å². The van der Waals surface area contributed by atoms with Gasteiger partial charge in [0.05, 0.1) is 18.8 Å². The molecular weight excluding hydrogens is 236 g/mol.